The number of fused-ring (bicyclic) bond motifs is 2. The molecule has 0 unspecified atom stereocenters. The summed E-state index contributed by atoms with van der Waals surface area (Å²) < 4.78 is 33.2. The first-order chi connectivity index (χ1) is 16.1. The van der Waals surface area contributed by atoms with Crippen molar-refractivity contribution in [2.45, 2.75) is 19.4 Å². The first-order valence-corrected chi connectivity index (χ1v) is 10.7. The second kappa shape index (κ2) is 8.61. The van der Waals surface area contributed by atoms with Gasteiger partial charge in [0.1, 0.15) is 23.0 Å². The first-order valence-electron chi connectivity index (χ1n) is 10.7. The number of nitrogens with zero attached hydrogens (tertiary/aromatic N) is 1. The Morgan fingerprint density at radius 1 is 0.939 bits per heavy atom. The number of carbonyl (C=O) groups excluding carboxylic acids is 1. The first kappa shape index (κ1) is 21.1. The lowest BCUT2D eigenvalue weighted by molar-refractivity contribution is 0.0700. The van der Waals surface area contributed by atoms with E-state index < -0.39 is 0 Å². The molecule has 33 heavy (non-hydrogen) atoms. The van der Waals surface area contributed by atoms with E-state index in [9.17, 15) is 4.79 Å². The van der Waals surface area contributed by atoms with Gasteiger partial charge in [-0.25, -0.2) is 0 Å². The molecule has 1 aromatic heterocycles. The molecule has 8 heteroatoms. The van der Waals surface area contributed by atoms with Crippen molar-refractivity contribution in [3.8, 4) is 28.7 Å². The molecule has 172 valence electrons. The van der Waals surface area contributed by atoms with E-state index in [2.05, 4.69) is 0 Å². The van der Waals surface area contributed by atoms with Crippen molar-refractivity contribution in [3.63, 3.8) is 0 Å². The molecule has 0 N–H and O–H groups in total. The highest BCUT2D eigenvalue weighted by Crippen LogP contribution is 2.38. The molecule has 0 radical (unpaired) electrons. The zero-order valence-electron chi connectivity index (χ0n) is 18.8. The van der Waals surface area contributed by atoms with Gasteiger partial charge < -0.3 is 33.0 Å². The van der Waals surface area contributed by atoms with E-state index >= 15 is 0 Å². The Bertz CT molecular complexity index is 1170. The summed E-state index contributed by atoms with van der Waals surface area (Å²) in [4.78, 5) is 14.9. The maximum absolute atomic E-state index is 13.1. The third-order valence-electron chi connectivity index (χ3n) is 6.03. The van der Waals surface area contributed by atoms with Crippen LogP contribution in [-0.4, -0.2) is 45.5 Å². The second-order valence-corrected chi connectivity index (χ2v) is 7.90. The Morgan fingerprint density at radius 3 is 2.30 bits per heavy atom. The van der Waals surface area contributed by atoms with Gasteiger partial charge in [0.25, 0.3) is 5.91 Å². The highest BCUT2D eigenvalue weighted by Gasteiger charge is 2.27. The predicted molar refractivity (Wildman–Crippen MR) is 119 cm³/mol. The molecule has 2 aliphatic heterocycles. The molecule has 3 heterocycles. The third kappa shape index (κ3) is 3.92. The number of rotatable bonds is 6. The van der Waals surface area contributed by atoms with Crippen molar-refractivity contribution < 1.29 is 32.9 Å². The molecular weight excluding hydrogens is 426 g/mol. The van der Waals surface area contributed by atoms with E-state index in [4.69, 9.17) is 28.1 Å². The summed E-state index contributed by atoms with van der Waals surface area (Å²) in [6, 6.07) is 11.1. The minimum Gasteiger partial charge on any atom is -0.496 e. The van der Waals surface area contributed by atoms with Crippen LogP contribution >= 0.6 is 0 Å². The van der Waals surface area contributed by atoms with Gasteiger partial charge in [0.2, 0.25) is 6.79 Å². The van der Waals surface area contributed by atoms with Crippen molar-refractivity contribution in [1.29, 1.82) is 0 Å². The molecule has 0 bridgehead atoms. The van der Waals surface area contributed by atoms with Crippen molar-refractivity contribution in [2.24, 2.45) is 0 Å². The molecule has 1 amide bonds. The van der Waals surface area contributed by atoms with Crippen LogP contribution in [0.2, 0.25) is 0 Å². The van der Waals surface area contributed by atoms with Crippen molar-refractivity contribution in [3.05, 3.63) is 64.6 Å². The summed E-state index contributed by atoms with van der Waals surface area (Å²) in [5, 5.41) is 0. The molecule has 0 spiro atoms. The Balaban J connectivity index is 1.34. The van der Waals surface area contributed by atoms with Gasteiger partial charge in [-0.1, -0.05) is 0 Å². The lowest BCUT2D eigenvalue weighted by Gasteiger charge is -2.28. The van der Waals surface area contributed by atoms with E-state index in [1.165, 1.54) is 5.56 Å². The SMILES string of the molecule is COc1cc(OC)c(Cc2ccc(C(=O)N3CCc4cc5c(cc4C3)OCO5)o2)c(OC)c1. The molecular formula is C25H25NO7. The number of benzene rings is 2. The van der Waals surface area contributed by atoms with Crippen LogP contribution in [0.25, 0.3) is 0 Å². The number of ether oxygens (including phenoxy) is 5. The third-order valence-corrected chi connectivity index (χ3v) is 6.03. The topological polar surface area (TPSA) is 79.6 Å². The van der Waals surface area contributed by atoms with Gasteiger partial charge in [-0.2, -0.15) is 0 Å². The zero-order chi connectivity index (χ0) is 22.9. The Kier molecular flexibility index (Phi) is 5.50. The summed E-state index contributed by atoms with van der Waals surface area (Å²) in [6.45, 7) is 1.35. The number of hydrogen-bond acceptors (Lipinski definition) is 7. The minimum absolute atomic E-state index is 0.141. The van der Waals surface area contributed by atoms with Gasteiger partial charge in [-0.15, -0.1) is 0 Å². The quantitative estimate of drug-likeness (QED) is 0.564. The van der Waals surface area contributed by atoms with Gasteiger partial charge in [0.15, 0.2) is 17.3 Å². The van der Waals surface area contributed by atoms with Crippen LogP contribution in [0.1, 0.15) is 33.0 Å². The molecule has 3 aromatic rings. The van der Waals surface area contributed by atoms with Crippen LogP contribution in [0, 0.1) is 0 Å². The highest BCUT2D eigenvalue weighted by atomic mass is 16.7. The number of methoxy groups -OCH3 is 3. The Labute approximate surface area is 191 Å². The van der Waals surface area contributed by atoms with Crippen molar-refractivity contribution in [2.75, 3.05) is 34.7 Å². The van der Waals surface area contributed by atoms with Crippen molar-refractivity contribution in [1.82, 2.24) is 4.90 Å². The fourth-order valence-electron chi connectivity index (χ4n) is 4.29. The van der Waals surface area contributed by atoms with Gasteiger partial charge >= 0.3 is 0 Å². The average Bonchev–Trinajstić information content (AvgIpc) is 3.51. The Hall–Kier alpha value is -3.81. The van der Waals surface area contributed by atoms with Gasteiger partial charge in [-0.05, 0) is 41.8 Å². The van der Waals surface area contributed by atoms with E-state index in [1.807, 2.05) is 18.2 Å². The molecule has 2 aromatic carbocycles. The maximum Gasteiger partial charge on any atom is 0.289 e. The van der Waals surface area contributed by atoms with Crippen LogP contribution in [0.3, 0.4) is 0 Å². The monoisotopic (exact) mass is 451 g/mol. The minimum atomic E-state index is -0.141. The highest BCUT2D eigenvalue weighted by molar-refractivity contribution is 5.91. The normalized spacial score (nSPS) is 14.1. The Morgan fingerprint density at radius 2 is 1.64 bits per heavy atom. The smallest absolute Gasteiger partial charge is 0.289 e. The average molecular weight is 451 g/mol. The number of carbonyl (C=O) groups is 1. The summed E-state index contributed by atoms with van der Waals surface area (Å²) in [7, 11) is 4.77. The maximum atomic E-state index is 13.1. The van der Waals surface area contributed by atoms with E-state index in [-0.39, 0.29) is 12.7 Å². The molecule has 8 nitrogen and oxygen atoms in total. The molecule has 0 saturated carbocycles. The second-order valence-electron chi connectivity index (χ2n) is 7.90. The predicted octanol–water partition coefficient (Wildman–Crippen LogP) is 3.82. The lowest BCUT2D eigenvalue weighted by atomic mass is 9.98. The molecule has 0 atom stereocenters. The van der Waals surface area contributed by atoms with Crippen LogP contribution in [-0.2, 0) is 19.4 Å². The summed E-state index contributed by atoms with van der Waals surface area (Å²) >= 11 is 0. The standard InChI is InChI=1S/C25H25NO7/c1-28-18-11-21(29-2)19(22(12-18)30-3)10-17-4-5-20(33-17)25(27)26-7-6-15-8-23-24(32-14-31-23)9-16(15)13-26/h4-5,8-9,11-12H,6-7,10,13-14H2,1-3H3. The molecule has 2 aliphatic rings. The number of amides is 1. The van der Waals surface area contributed by atoms with E-state index in [0.717, 1.165) is 29.0 Å². The summed E-state index contributed by atoms with van der Waals surface area (Å²) in [6.07, 6.45) is 1.17. The fraction of sp³-hybridized carbons (Fsp3) is 0.320. The lowest BCUT2D eigenvalue weighted by Crippen LogP contribution is -2.35. The number of hydrogen-bond donors (Lipinski definition) is 0. The van der Waals surface area contributed by atoms with E-state index in [1.54, 1.807) is 44.4 Å². The van der Waals surface area contributed by atoms with Crippen LogP contribution in [0.15, 0.2) is 40.8 Å². The summed E-state index contributed by atoms with van der Waals surface area (Å²) in [5.74, 6) is 4.19. The van der Waals surface area contributed by atoms with Crippen molar-refractivity contribution >= 4 is 5.91 Å². The number of furan rings is 1. The van der Waals surface area contributed by atoms with Crippen LogP contribution < -0.4 is 23.7 Å². The molecule has 5 rings (SSSR count). The van der Waals surface area contributed by atoms with E-state index in [0.29, 0.717) is 48.3 Å². The van der Waals surface area contributed by atoms with Crippen LogP contribution in [0.4, 0.5) is 0 Å². The molecule has 0 aliphatic carbocycles. The molecule has 0 saturated heterocycles. The fourth-order valence-corrected chi connectivity index (χ4v) is 4.29. The van der Waals surface area contributed by atoms with Gasteiger partial charge in [0.05, 0.1) is 21.3 Å². The zero-order valence-corrected chi connectivity index (χ0v) is 18.8. The largest absolute Gasteiger partial charge is 0.496 e. The summed E-state index contributed by atoms with van der Waals surface area (Å²) in [5.41, 5.74) is 3.07. The molecule has 0 fully saturated rings. The van der Waals surface area contributed by atoms with Crippen LogP contribution in [0.5, 0.6) is 28.7 Å². The van der Waals surface area contributed by atoms with Gasteiger partial charge in [0, 0.05) is 37.2 Å². The van der Waals surface area contributed by atoms with Gasteiger partial charge in [-0.3, -0.25) is 4.79 Å².